The maximum Gasteiger partial charge on any atom is 0.0701 e. The summed E-state index contributed by atoms with van der Waals surface area (Å²) in [6.45, 7) is 11.4. The van der Waals surface area contributed by atoms with Gasteiger partial charge in [0.15, 0.2) is 0 Å². The van der Waals surface area contributed by atoms with Crippen molar-refractivity contribution in [3.8, 4) is 0 Å². The van der Waals surface area contributed by atoms with Gasteiger partial charge in [-0.2, -0.15) is 0 Å². The van der Waals surface area contributed by atoms with Crippen LogP contribution in [0.2, 0.25) is 0 Å². The van der Waals surface area contributed by atoms with Gasteiger partial charge < -0.3 is 19.1 Å². The van der Waals surface area contributed by atoms with Crippen LogP contribution >= 0.6 is 0 Å². The third kappa shape index (κ3) is 14.1. The average molecular weight is 275 g/mol. The summed E-state index contributed by atoms with van der Waals surface area (Å²) < 4.78 is 15.8. The number of unbranched alkanes of at least 4 members (excludes halogenated alkanes) is 2. The third-order valence-electron chi connectivity index (χ3n) is 3.01. The SMILES string of the molecule is CCCCN(CCCC)CCOCCOCCOC. The number of ether oxygens (including phenoxy) is 3. The maximum absolute atomic E-state index is 5.60. The van der Waals surface area contributed by atoms with Crippen molar-refractivity contribution in [1.29, 1.82) is 0 Å². The van der Waals surface area contributed by atoms with Gasteiger partial charge in [0.25, 0.3) is 0 Å². The molecular weight excluding hydrogens is 242 g/mol. The molecule has 0 aliphatic carbocycles. The minimum Gasteiger partial charge on any atom is -0.382 e. The largest absolute Gasteiger partial charge is 0.382 e. The molecule has 0 aliphatic heterocycles. The Labute approximate surface area is 119 Å². The molecule has 0 spiro atoms. The van der Waals surface area contributed by atoms with Crippen molar-refractivity contribution >= 4 is 0 Å². The molecule has 0 saturated carbocycles. The van der Waals surface area contributed by atoms with Gasteiger partial charge in [0.1, 0.15) is 0 Å². The molecule has 0 aromatic carbocycles. The standard InChI is InChI=1S/C15H33NO3/c1-4-6-8-16(9-7-5-2)10-11-18-14-15-19-13-12-17-3/h4-15H2,1-3H3. The number of methoxy groups -OCH3 is 1. The zero-order valence-corrected chi connectivity index (χ0v) is 13.2. The van der Waals surface area contributed by atoms with E-state index < -0.39 is 0 Å². The van der Waals surface area contributed by atoms with E-state index in [1.807, 2.05) is 0 Å². The van der Waals surface area contributed by atoms with E-state index in [2.05, 4.69) is 18.7 Å². The highest BCUT2D eigenvalue weighted by Gasteiger charge is 2.03. The topological polar surface area (TPSA) is 30.9 Å². The van der Waals surface area contributed by atoms with Crippen LogP contribution in [0.1, 0.15) is 39.5 Å². The first-order chi connectivity index (χ1) is 9.35. The van der Waals surface area contributed by atoms with Crippen LogP contribution in [-0.4, -0.2) is 64.7 Å². The number of hydrogen-bond acceptors (Lipinski definition) is 4. The van der Waals surface area contributed by atoms with E-state index in [0.29, 0.717) is 26.4 Å². The predicted octanol–water partition coefficient (Wildman–Crippen LogP) is 2.57. The van der Waals surface area contributed by atoms with Gasteiger partial charge in [0.2, 0.25) is 0 Å². The summed E-state index contributed by atoms with van der Waals surface area (Å²) >= 11 is 0. The average Bonchev–Trinajstić information content (AvgIpc) is 2.43. The van der Waals surface area contributed by atoms with Crippen LogP contribution in [0.4, 0.5) is 0 Å². The molecule has 19 heavy (non-hydrogen) atoms. The Bertz CT molecular complexity index is 159. The second-order valence-corrected chi connectivity index (χ2v) is 4.77. The maximum atomic E-state index is 5.60. The summed E-state index contributed by atoms with van der Waals surface area (Å²) in [7, 11) is 1.68. The Morgan fingerprint density at radius 2 is 1.21 bits per heavy atom. The zero-order valence-electron chi connectivity index (χ0n) is 13.2. The van der Waals surface area contributed by atoms with Crippen molar-refractivity contribution in [2.24, 2.45) is 0 Å². The fourth-order valence-corrected chi connectivity index (χ4v) is 1.76. The van der Waals surface area contributed by atoms with E-state index in [4.69, 9.17) is 14.2 Å². The van der Waals surface area contributed by atoms with Crippen LogP contribution in [0.5, 0.6) is 0 Å². The fourth-order valence-electron chi connectivity index (χ4n) is 1.76. The van der Waals surface area contributed by atoms with Crippen LogP contribution in [-0.2, 0) is 14.2 Å². The van der Waals surface area contributed by atoms with E-state index in [0.717, 1.165) is 13.2 Å². The number of rotatable bonds is 15. The molecule has 0 atom stereocenters. The Morgan fingerprint density at radius 3 is 1.74 bits per heavy atom. The Balaban J connectivity index is 3.40. The Morgan fingerprint density at radius 1 is 0.684 bits per heavy atom. The molecule has 4 heteroatoms. The van der Waals surface area contributed by atoms with E-state index in [9.17, 15) is 0 Å². The van der Waals surface area contributed by atoms with Crippen LogP contribution in [0.3, 0.4) is 0 Å². The minimum atomic E-state index is 0.652. The molecule has 0 N–H and O–H groups in total. The van der Waals surface area contributed by atoms with Gasteiger partial charge in [0, 0.05) is 13.7 Å². The van der Waals surface area contributed by atoms with Gasteiger partial charge in [-0.15, -0.1) is 0 Å². The van der Waals surface area contributed by atoms with Gasteiger partial charge in [0.05, 0.1) is 33.0 Å². The van der Waals surface area contributed by atoms with Gasteiger partial charge in [-0.3, -0.25) is 0 Å². The quantitative estimate of drug-likeness (QED) is 0.430. The van der Waals surface area contributed by atoms with Crippen LogP contribution < -0.4 is 0 Å². The highest BCUT2D eigenvalue weighted by molar-refractivity contribution is 4.57. The van der Waals surface area contributed by atoms with Crippen molar-refractivity contribution in [1.82, 2.24) is 4.90 Å². The van der Waals surface area contributed by atoms with Gasteiger partial charge in [-0.25, -0.2) is 0 Å². The lowest BCUT2D eigenvalue weighted by atomic mass is 10.2. The number of nitrogens with zero attached hydrogens (tertiary/aromatic N) is 1. The lowest BCUT2D eigenvalue weighted by Crippen LogP contribution is -2.30. The van der Waals surface area contributed by atoms with Crippen molar-refractivity contribution < 1.29 is 14.2 Å². The predicted molar refractivity (Wildman–Crippen MR) is 79.8 cm³/mol. The van der Waals surface area contributed by atoms with E-state index >= 15 is 0 Å². The summed E-state index contributed by atoms with van der Waals surface area (Å²) in [6.07, 6.45) is 5.08. The lowest BCUT2D eigenvalue weighted by Gasteiger charge is -2.21. The normalized spacial score (nSPS) is 11.4. The third-order valence-corrected chi connectivity index (χ3v) is 3.01. The summed E-state index contributed by atoms with van der Waals surface area (Å²) in [5, 5.41) is 0. The summed E-state index contributed by atoms with van der Waals surface area (Å²) in [6, 6.07) is 0. The van der Waals surface area contributed by atoms with Crippen molar-refractivity contribution in [3.05, 3.63) is 0 Å². The van der Waals surface area contributed by atoms with E-state index in [-0.39, 0.29) is 0 Å². The molecule has 0 aromatic heterocycles. The highest BCUT2D eigenvalue weighted by Crippen LogP contribution is 1.99. The molecule has 0 radical (unpaired) electrons. The zero-order chi connectivity index (χ0) is 14.2. The second-order valence-electron chi connectivity index (χ2n) is 4.77. The molecule has 0 bridgehead atoms. The van der Waals surface area contributed by atoms with Gasteiger partial charge in [-0.1, -0.05) is 26.7 Å². The van der Waals surface area contributed by atoms with E-state index in [1.165, 1.54) is 38.8 Å². The first-order valence-corrected chi connectivity index (χ1v) is 7.71. The van der Waals surface area contributed by atoms with Crippen LogP contribution in [0, 0.1) is 0 Å². The van der Waals surface area contributed by atoms with Gasteiger partial charge >= 0.3 is 0 Å². The van der Waals surface area contributed by atoms with Gasteiger partial charge in [-0.05, 0) is 25.9 Å². The number of hydrogen-bond donors (Lipinski definition) is 0. The molecule has 0 heterocycles. The first kappa shape index (κ1) is 18.8. The second kappa shape index (κ2) is 15.9. The van der Waals surface area contributed by atoms with E-state index in [1.54, 1.807) is 7.11 Å². The van der Waals surface area contributed by atoms with Crippen molar-refractivity contribution in [3.63, 3.8) is 0 Å². The molecule has 4 nitrogen and oxygen atoms in total. The molecule has 0 amide bonds. The molecule has 0 fully saturated rings. The molecule has 0 saturated heterocycles. The summed E-state index contributed by atoms with van der Waals surface area (Å²) in [5.41, 5.74) is 0. The molecule has 116 valence electrons. The molecular formula is C15H33NO3. The lowest BCUT2D eigenvalue weighted by molar-refractivity contribution is 0.0193. The molecule has 0 rings (SSSR count). The highest BCUT2D eigenvalue weighted by atomic mass is 16.5. The first-order valence-electron chi connectivity index (χ1n) is 7.71. The van der Waals surface area contributed by atoms with Crippen LogP contribution in [0.15, 0.2) is 0 Å². The molecule has 0 unspecified atom stereocenters. The Hall–Kier alpha value is -0.160. The Kier molecular flexibility index (Phi) is 15.8. The van der Waals surface area contributed by atoms with Crippen molar-refractivity contribution in [2.45, 2.75) is 39.5 Å². The molecule has 0 aliphatic rings. The van der Waals surface area contributed by atoms with Crippen molar-refractivity contribution in [2.75, 3.05) is 59.8 Å². The smallest absolute Gasteiger partial charge is 0.0701 e. The molecule has 0 aromatic rings. The van der Waals surface area contributed by atoms with Crippen LogP contribution in [0.25, 0.3) is 0 Å². The monoisotopic (exact) mass is 275 g/mol. The minimum absolute atomic E-state index is 0.652. The summed E-state index contributed by atoms with van der Waals surface area (Å²) in [4.78, 5) is 2.51. The fraction of sp³-hybridized carbons (Fsp3) is 1.00. The summed E-state index contributed by atoms with van der Waals surface area (Å²) in [5.74, 6) is 0.